The molecule has 9 rings (SSSR count). The van der Waals surface area contributed by atoms with E-state index < -0.39 is 5.60 Å². The minimum Gasteiger partial charge on any atom is -0.496 e. The molecule has 236 valence electrons. The molecule has 0 unspecified atom stereocenters. The largest absolute Gasteiger partial charge is 0.496 e. The van der Waals surface area contributed by atoms with Gasteiger partial charge in [-0.05, 0) is 67.4 Å². The van der Waals surface area contributed by atoms with Crippen LogP contribution in [-0.4, -0.2) is 68.7 Å². The summed E-state index contributed by atoms with van der Waals surface area (Å²) in [4.78, 5) is 41.4. The van der Waals surface area contributed by atoms with E-state index in [2.05, 4.69) is 10.6 Å². The van der Waals surface area contributed by atoms with Crippen LogP contribution in [0.4, 0.5) is 0 Å². The van der Waals surface area contributed by atoms with Gasteiger partial charge in [0.1, 0.15) is 29.6 Å². The highest BCUT2D eigenvalue weighted by molar-refractivity contribution is 5.95. The smallest absolute Gasteiger partial charge is 0.264 e. The first kappa shape index (κ1) is 30.1. The molecule has 45 heavy (non-hydrogen) atoms. The fourth-order valence-corrected chi connectivity index (χ4v) is 5.61. The maximum absolute atomic E-state index is 13.9. The van der Waals surface area contributed by atoms with Crippen LogP contribution in [0.2, 0.25) is 0 Å². The van der Waals surface area contributed by atoms with Crippen LogP contribution in [0, 0.1) is 5.92 Å². The summed E-state index contributed by atoms with van der Waals surface area (Å²) >= 11 is 0. The summed E-state index contributed by atoms with van der Waals surface area (Å²) in [6.45, 7) is 1.58. The molecule has 11 heteroatoms. The number of carbonyl (C=O) groups is 3. The van der Waals surface area contributed by atoms with Crippen LogP contribution in [0.25, 0.3) is 0 Å². The summed E-state index contributed by atoms with van der Waals surface area (Å²) in [5, 5.41) is 5.91. The normalized spacial score (nSPS) is 18.3. The molecule has 3 aromatic rings. The number of nitrogens with zero attached hydrogens (tertiary/aromatic N) is 1. The molecular weight excluding hydrogens is 578 g/mol. The van der Waals surface area contributed by atoms with Crippen molar-refractivity contribution in [3.8, 4) is 34.5 Å². The monoisotopic (exact) mass is 615 g/mol. The van der Waals surface area contributed by atoms with Crippen LogP contribution in [0.5, 0.6) is 34.5 Å². The van der Waals surface area contributed by atoms with Gasteiger partial charge >= 0.3 is 0 Å². The van der Waals surface area contributed by atoms with Crippen LogP contribution in [0.1, 0.15) is 41.6 Å². The van der Waals surface area contributed by atoms with Crippen LogP contribution < -0.4 is 34.3 Å². The zero-order valence-corrected chi connectivity index (χ0v) is 25.4. The topological polar surface area (TPSA) is 125 Å². The van der Waals surface area contributed by atoms with Crippen molar-refractivity contribution in [2.75, 3.05) is 40.5 Å². The molecule has 0 radical (unpaired) electrons. The number of hydrogen-bond donors (Lipinski definition) is 2. The molecule has 1 aliphatic carbocycles. The van der Waals surface area contributed by atoms with Gasteiger partial charge in [-0.3, -0.25) is 14.4 Å². The van der Waals surface area contributed by atoms with Gasteiger partial charge in [0.05, 0.1) is 20.8 Å². The number of hydrogen-bond acceptors (Lipinski definition) is 8. The third-order valence-electron chi connectivity index (χ3n) is 8.37. The van der Waals surface area contributed by atoms with Crippen LogP contribution in [0.15, 0.2) is 60.7 Å². The summed E-state index contributed by atoms with van der Waals surface area (Å²) in [7, 11) is 3.07. The number of rotatable bonds is 3. The molecule has 5 aliphatic heterocycles. The fourth-order valence-electron chi connectivity index (χ4n) is 5.61. The van der Waals surface area contributed by atoms with Gasteiger partial charge < -0.3 is 39.2 Å². The first-order valence-electron chi connectivity index (χ1n) is 15.2. The Balaban J connectivity index is 1.28. The molecule has 1 saturated heterocycles. The number of benzene rings is 3. The van der Waals surface area contributed by atoms with Crippen molar-refractivity contribution in [2.45, 2.75) is 37.8 Å². The summed E-state index contributed by atoms with van der Waals surface area (Å²) in [5.74, 6) is 2.64. The molecule has 3 amide bonds. The predicted octanol–water partition coefficient (Wildman–Crippen LogP) is 4.08. The lowest BCUT2D eigenvalue weighted by Crippen LogP contribution is -2.58. The standard InChI is InChI=1S/C34H37N3O8/c1-41-28-12-6-23-19-30(28)44-27-7-5-24(29(20-27)42-2)21-36-33(40)34(13-16-37(17-14-34)32(39)22-3-4-22)45-26-10-8-25(9-11-26)43-18-15-35-31(23)38/h5-12,19-20,22H,3-4,13-18,21H2,1-2H3,(H,35,38)(H,36,40). The van der Waals surface area contributed by atoms with Crippen LogP contribution in [-0.2, 0) is 16.1 Å². The maximum Gasteiger partial charge on any atom is 0.264 e. The number of likely N-dealkylation sites (tertiary alicyclic amines) is 1. The van der Waals surface area contributed by atoms with Crippen molar-refractivity contribution < 1.29 is 38.1 Å². The molecule has 0 atom stereocenters. The number of methoxy groups -OCH3 is 2. The number of nitrogens with one attached hydrogen (secondary N) is 2. The third-order valence-corrected chi connectivity index (χ3v) is 8.37. The molecule has 0 aromatic heterocycles. The quantitative estimate of drug-likeness (QED) is 0.452. The summed E-state index contributed by atoms with van der Waals surface area (Å²) in [5.41, 5.74) is -0.0298. The van der Waals surface area contributed by atoms with E-state index in [1.807, 2.05) is 11.0 Å². The molecule has 2 fully saturated rings. The van der Waals surface area contributed by atoms with E-state index in [0.29, 0.717) is 66.0 Å². The van der Waals surface area contributed by atoms with Gasteiger partial charge in [0.25, 0.3) is 11.8 Å². The van der Waals surface area contributed by atoms with E-state index in [4.69, 9.17) is 23.7 Å². The third kappa shape index (κ3) is 6.77. The molecule has 1 spiro atoms. The Bertz CT molecular complexity index is 1560. The Morgan fingerprint density at radius 1 is 0.867 bits per heavy atom. The number of amides is 3. The van der Waals surface area contributed by atoms with Gasteiger partial charge in [-0.1, -0.05) is 0 Å². The van der Waals surface area contributed by atoms with Crippen molar-refractivity contribution in [3.05, 3.63) is 71.8 Å². The number of piperidine rings is 1. The van der Waals surface area contributed by atoms with Crippen molar-refractivity contribution in [3.63, 3.8) is 0 Å². The lowest BCUT2D eigenvalue weighted by Gasteiger charge is -2.40. The van der Waals surface area contributed by atoms with Gasteiger partial charge in [0.2, 0.25) is 5.91 Å². The average molecular weight is 616 g/mol. The highest BCUT2D eigenvalue weighted by atomic mass is 16.5. The molecule has 3 aromatic carbocycles. The molecule has 2 N–H and O–H groups in total. The summed E-state index contributed by atoms with van der Waals surface area (Å²) in [6, 6.07) is 17.3. The van der Waals surface area contributed by atoms with E-state index in [1.54, 1.807) is 61.7 Å². The van der Waals surface area contributed by atoms with E-state index in [9.17, 15) is 14.4 Å². The minimum absolute atomic E-state index is 0.117. The first-order chi connectivity index (χ1) is 21.9. The Hall–Kier alpha value is -4.93. The van der Waals surface area contributed by atoms with Crippen molar-refractivity contribution in [1.82, 2.24) is 15.5 Å². The van der Waals surface area contributed by atoms with E-state index in [-0.39, 0.29) is 43.3 Å². The SMILES string of the molecule is COc1cc2ccc1CNC(=O)C1(CCN(C(=O)C3CC3)CC1)Oc1ccc(cc1)OCCNC(=O)c1ccc(OC)c(c1)O2. The first-order valence-corrected chi connectivity index (χ1v) is 15.2. The summed E-state index contributed by atoms with van der Waals surface area (Å²) < 4.78 is 29.5. The van der Waals surface area contributed by atoms with Crippen molar-refractivity contribution in [2.24, 2.45) is 5.92 Å². The number of ether oxygens (including phenoxy) is 5. The van der Waals surface area contributed by atoms with Crippen LogP contribution >= 0.6 is 0 Å². The zero-order valence-electron chi connectivity index (χ0n) is 25.4. The lowest BCUT2D eigenvalue weighted by molar-refractivity contribution is -0.147. The second-order valence-corrected chi connectivity index (χ2v) is 11.4. The average Bonchev–Trinajstić information content (AvgIpc) is 3.92. The second-order valence-electron chi connectivity index (χ2n) is 11.4. The van der Waals surface area contributed by atoms with Gasteiger partial charge in [-0.25, -0.2) is 0 Å². The van der Waals surface area contributed by atoms with E-state index >= 15 is 0 Å². The van der Waals surface area contributed by atoms with Gasteiger partial charge in [0, 0.05) is 55.6 Å². The Morgan fingerprint density at radius 2 is 1.58 bits per heavy atom. The molecule has 6 bridgehead atoms. The molecule has 1 saturated carbocycles. The van der Waals surface area contributed by atoms with Gasteiger partial charge in [-0.2, -0.15) is 0 Å². The highest BCUT2D eigenvalue weighted by Gasteiger charge is 2.46. The Labute approximate surface area is 261 Å². The fraction of sp³-hybridized carbons (Fsp3) is 0.382. The molecular formula is C34H37N3O8. The second kappa shape index (κ2) is 13.0. The Kier molecular flexibility index (Phi) is 8.68. The van der Waals surface area contributed by atoms with Crippen molar-refractivity contribution >= 4 is 17.7 Å². The van der Waals surface area contributed by atoms with Crippen LogP contribution in [0.3, 0.4) is 0 Å². The Morgan fingerprint density at radius 3 is 2.29 bits per heavy atom. The maximum atomic E-state index is 13.9. The predicted molar refractivity (Wildman–Crippen MR) is 164 cm³/mol. The lowest BCUT2D eigenvalue weighted by atomic mass is 9.89. The molecule has 6 aliphatic rings. The summed E-state index contributed by atoms with van der Waals surface area (Å²) in [6.07, 6.45) is 2.59. The van der Waals surface area contributed by atoms with Gasteiger partial charge in [-0.15, -0.1) is 0 Å². The highest BCUT2D eigenvalue weighted by Crippen LogP contribution is 2.37. The molecule has 11 nitrogen and oxygen atoms in total. The molecule has 5 heterocycles. The van der Waals surface area contributed by atoms with Gasteiger partial charge in [0.15, 0.2) is 17.1 Å². The van der Waals surface area contributed by atoms with E-state index in [1.165, 1.54) is 7.11 Å². The minimum atomic E-state index is -1.16. The number of carbonyl (C=O) groups excluding carboxylic acids is 3. The van der Waals surface area contributed by atoms with E-state index in [0.717, 1.165) is 18.4 Å². The van der Waals surface area contributed by atoms with Crippen molar-refractivity contribution in [1.29, 1.82) is 0 Å². The zero-order chi connectivity index (χ0) is 31.4.